The van der Waals surface area contributed by atoms with E-state index in [0.29, 0.717) is 22.8 Å². The smallest absolute Gasteiger partial charge is 0.295 e. The van der Waals surface area contributed by atoms with Crippen molar-refractivity contribution in [3.05, 3.63) is 94.9 Å². The maximum absolute atomic E-state index is 14.3. The van der Waals surface area contributed by atoms with Crippen LogP contribution >= 0.6 is 23.1 Å². The van der Waals surface area contributed by atoms with Crippen molar-refractivity contribution in [2.24, 2.45) is 7.05 Å². The Morgan fingerprint density at radius 3 is 2.37 bits per heavy atom. The van der Waals surface area contributed by atoms with Crippen LogP contribution in [0.1, 0.15) is 26.0 Å². The highest BCUT2D eigenvalue weighted by Gasteiger charge is 2.44. The van der Waals surface area contributed by atoms with Crippen LogP contribution in [0.15, 0.2) is 88.0 Å². The average Bonchev–Trinajstić information content (AvgIpc) is 3.54. The van der Waals surface area contributed by atoms with E-state index in [1.54, 1.807) is 57.0 Å². The quantitative estimate of drug-likeness (QED) is 0.193. The minimum absolute atomic E-state index is 0.00958. The highest BCUT2D eigenvalue weighted by Crippen LogP contribution is 2.34. The van der Waals surface area contributed by atoms with Gasteiger partial charge in [-0.1, -0.05) is 49.0 Å². The lowest BCUT2D eigenvalue weighted by molar-refractivity contribution is -0.125. The molecule has 0 aliphatic heterocycles. The molecule has 0 fully saturated rings. The molecule has 0 aliphatic rings. The fourth-order valence-electron chi connectivity index (χ4n) is 4.92. The number of carbonyl (C=O) groups is 2. The third-order valence-electron chi connectivity index (χ3n) is 7.61. The van der Waals surface area contributed by atoms with Crippen LogP contribution in [-0.4, -0.2) is 44.6 Å². The van der Waals surface area contributed by atoms with E-state index in [4.69, 9.17) is 4.74 Å². The number of carbonyl (C=O) groups excluding carboxylic acids is 2. The lowest BCUT2D eigenvalue weighted by Crippen LogP contribution is -2.59. The van der Waals surface area contributed by atoms with Crippen molar-refractivity contribution < 1.29 is 14.3 Å². The van der Waals surface area contributed by atoms with Gasteiger partial charge in [0.25, 0.3) is 5.56 Å². The Kier molecular flexibility index (Phi) is 8.74. The SMILES string of the molecule is CCC(C)(C(=O)Nc1ccc(OC)cc1)N(C(=O)CSc1nc2ccccc2s1)c1c(C)n(C)n(-c2ccccc2)c1=O. The van der Waals surface area contributed by atoms with Crippen molar-refractivity contribution in [3.8, 4) is 11.4 Å². The number of rotatable bonds is 10. The molecule has 0 radical (unpaired) electrons. The fourth-order valence-corrected chi connectivity index (χ4v) is 6.84. The summed E-state index contributed by atoms with van der Waals surface area (Å²) in [6.45, 7) is 5.32. The number of aromatic nitrogens is 3. The number of benzene rings is 3. The molecule has 0 spiro atoms. The van der Waals surface area contributed by atoms with E-state index in [2.05, 4.69) is 10.3 Å². The van der Waals surface area contributed by atoms with Crippen molar-refractivity contribution in [1.82, 2.24) is 14.3 Å². The molecule has 2 heterocycles. The molecule has 5 rings (SSSR count). The van der Waals surface area contributed by atoms with E-state index in [1.165, 1.54) is 32.7 Å². The Labute approximate surface area is 258 Å². The summed E-state index contributed by atoms with van der Waals surface area (Å²) in [5.74, 6) is -0.136. The van der Waals surface area contributed by atoms with Crippen molar-refractivity contribution >= 4 is 56.5 Å². The van der Waals surface area contributed by atoms with Crippen molar-refractivity contribution in [2.45, 2.75) is 37.1 Å². The number of nitrogens with one attached hydrogen (secondary N) is 1. The lowest BCUT2D eigenvalue weighted by atomic mass is 9.93. The van der Waals surface area contributed by atoms with Gasteiger partial charge in [-0.25, -0.2) is 9.67 Å². The molecule has 2 amide bonds. The maximum atomic E-state index is 14.3. The van der Waals surface area contributed by atoms with Crippen LogP contribution in [0.3, 0.4) is 0 Å². The van der Waals surface area contributed by atoms with Crippen molar-refractivity contribution in [2.75, 3.05) is 23.1 Å². The molecule has 11 heteroatoms. The van der Waals surface area contributed by atoms with E-state index in [1.807, 2.05) is 61.5 Å². The fraction of sp³-hybridized carbons (Fsp3) is 0.250. The number of anilines is 2. The Morgan fingerprint density at radius 2 is 1.72 bits per heavy atom. The predicted molar refractivity (Wildman–Crippen MR) is 174 cm³/mol. The molecule has 5 aromatic rings. The van der Waals surface area contributed by atoms with E-state index in [0.717, 1.165) is 14.6 Å². The number of methoxy groups -OCH3 is 1. The van der Waals surface area contributed by atoms with Gasteiger partial charge < -0.3 is 10.1 Å². The number of ether oxygens (including phenoxy) is 1. The molecule has 1 atom stereocenters. The topological polar surface area (TPSA) is 98.5 Å². The number of thiazole rings is 1. The zero-order chi connectivity index (χ0) is 30.7. The van der Waals surface area contributed by atoms with Crippen LogP contribution in [-0.2, 0) is 16.6 Å². The van der Waals surface area contributed by atoms with Crippen molar-refractivity contribution in [1.29, 1.82) is 0 Å². The molecule has 222 valence electrons. The molecule has 9 nitrogen and oxygen atoms in total. The van der Waals surface area contributed by atoms with E-state index in [9.17, 15) is 14.4 Å². The minimum atomic E-state index is -1.40. The number of para-hydroxylation sites is 2. The summed E-state index contributed by atoms with van der Waals surface area (Å²) >= 11 is 2.80. The van der Waals surface area contributed by atoms with E-state index < -0.39 is 11.4 Å². The van der Waals surface area contributed by atoms with Crippen LogP contribution in [0.5, 0.6) is 5.75 Å². The molecule has 0 saturated carbocycles. The molecular weight excluding hydrogens is 583 g/mol. The van der Waals surface area contributed by atoms with Gasteiger partial charge in [0.1, 0.15) is 17.0 Å². The Hall–Kier alpha value is -4.35. The number of hydrogen-bond donors (Lipinski definition) is 1. The third-order valence-corrected chi connectivity index (χ3v) is 9.77. The average molecular weight is 616 g/mol. The first-order valence-electron chi connectivity index (χ1n) is 13.8. The Morgan fingerprint density at radius 1 is 1.05 bits per heavy atom. The second-order valence-corrected chi connectivity index (χ2v) is 12.4. The molecule has 2 aromatic heterocycles. The predicted octanol–water partition coefficient (Wildman–Crippen LogP) is 6.04. The minimum Gasteiger partial charge on any atom is -0.497 e. The number of thioether (sulfide) groups is 1. The lowest BCUT2D eigenvalue weighted by Gasteiger charge is -2.38. The van der Waals surface area contributed by atoms with E-state index in [-0.39, 0.29) is 29.3 Å². The van der Waals surface area contributed by atoms with Crippen LogP contribution in [0.2, 0.25) is 0 Å². The second kappa shape index (κ2) is 12.5. The normalized spacial score (nSPS) is 12.6. The van der Waals surface area contributed by atoms with Crippen LogP contribution in [0.4, 0.5) is 11.4 Å². The number of amides is 2. The summed E-state index contributed by atoms with van der Waals surface area (Å²) in [4.78, 5) is 48.5. The van der Waals surface area contributed by atoms with Crippen LogP contribution in [0.25, 0.3) is 15.9 Å². The monoisotopic (exact) mass is 615 g/mol. The summed E-state index contributed by atoms with van der Waals surface area (Å²) in [7, 11) is 3.34. The third kappa shape index (κ3) is 5.82. The van der Waals surface area contributed by atoms with Crippen LogP contribution in [0, 0.1) is 6.92 Å². The van der Waals surface area contributed by atoms with Crippen molar-refractivity contribution in [3.63, 3.8) is 0 Å². The number of nitrogens with zero attached hydrogens (tertiary/aromatic N) is 4. The maximum Gasteiger partial charge on any atom is 0.295 e. The highest BCUT2D eigenvalue weighted by molar-refractivity contribution is 8.01. The summed E-state index contributed by atoms with van der Waals surface area (Å²) in [5, 5.41) is 2.95. The molecule has 0 bridgehead atoms. The first-order chi connectivity index (χ1) is 20.7. The molecule has 1 unspecified atom stereocenters. The first-order valence-corrected chi connectivity index (χ1v) is 15.6. The van der Waals surface area contributed by atoms with Gasteiger partial charge in [-0.2, -0.15) is 0 Å². The van der Waals surface area contributed by atoms with Gasteiger partial charge in [-0.15, -0.1) is 11.3 Å². The summed E-state index contributed by atoms with van der Waals surface area (Å²) in [5.41, 5.74) is 1.00. The van der Waals surface area contributed by atoms with Gasteiger partial charge in [0, 0.05) is 12.7 Å². The van der Waals surface area contributed by atoms with Gasteiger partial charge in [-0.05, 0) is 68.8 Å². The zero-order valence-corrected chi connectivity index (χ0v) is 26.3. The zero-order valence-electron chi connectivity index (χ0n) is 24.7. The molecule has 1 N–H and O–H groups in total. The van der Waals surface area contributed by atoms with Gasteiger partial charge in [-0.3, -0.25) is 24.0 Å². The second-order valence-electron chi connectivity index (χ2n) is 10.2. The summed E-state index contributed by atoms with van der Waals surface area (Å²) in [6, 6.07) is 24.0. The van der Waals surface area contributed by atoms with E-state index >= 15 is 0 Å². The standard InChI is InChI=1S/C32H33N5O4S2/c1-6-32(3,30(40)33-22-16-18-24(41-5)19-17-22)36(27(38)20-42-31-34-25-14-10-11-15-26(25)43-31)28-21(2)35(4)37(29(28)39)23-12-8-7-9-13-23/h7-19H,6,20H2,1-5H3,(H,33,40). The highest BCUT2D eigenvalue weighted by atomic mass is 32.2. The van der Waals surface area contributed by atoms with Gasteiger partial charge in [0.05, 0.1) is 34.5 Å². The number of hydrogen-bond acceptors (Lipinski definition) is 7. The molecular formula is C32H33N5O4S2. The molecule has 0 saturated heterocycles. The van der Waals surface area contributed by atoms with Gasteiger partial charge in [0.2, 0.25) is 11.8 Å². The van der Waals surface area contributed by atoms with Gasteiger partial charge in [0.15, 0.2) is 4.34 Å². The number of fused-ring (bicyclic) bond motifs is 1. The molecule has 3 aromatic carbocycles. The summed E-state index contributed by atoms with van der Waals surface area (Å²) < 4.78 is 10.2. The van der Waals surface area contributed by atoms with Crippen LogP contribution < -0.4 is 20.5 Å². The molecule has 43 heavy (non-hydrogen) atoms. The summed E-state index contributed by atoms with van der Waals surface area (Å²) in [6.07, 6.45) is 0.256. The largest absolute Gasteiger partial charge is 0.497 e. The Bertz CT molecular complexity index is 1800. The van der Waals surface area contributed by atoms with Gasteiger partial charge >= 0.3 is 0 Å². The Balaban J connectivity index is 1.56. The first kappa shape index (κ1) is 30.1. The molecule has 0 aliphatic carbocycles.